The van der Waals surface area contributed by atoms with Gasteiger partial charge in [0, 0.05) is 18.9 Å². The maximum atomic E-state index is 12.1. The Morgan fingerprint density at radius 1 is 1.14 bits per heavy atom. The van der Waals surface area contributed by atoms with Crippen LogP contribution in [0.3, 0.4) is 0 Å². The van der Waals surface area contributed by atoms with Crippen molar-refractivity contribution < 1.29 is 24.6 Å². The van der Waals surface area contributed by atoms with E-state index in [9.17, 15) is 14.4 Å². The van der Waals surface area contributed by atoms with Gasteiger partial charge in [-0.3, -0.25) is 19.8 Å². The molecular formula is C11H21N5O5. The summed E-state index contributed by atoms with van der Waals surface area (Å²) < 4.78 is 0. The fourth-order valence-corrected chi connectivity index (χ4v) is 1.66. The number of aliphatic carboxylic acids is 2. The predicted molar refractivity (Wildman–Crippen MR) is 73.5 cm³/mol. The van der Waals surface area contributed by atoms with E-state index < -0.39 is 35.7 Å². The molecule has 0 aliphatic carbocycles. The molecule has 0 spiro atoms. The number of guanidine groups is 1. The summed E-state index contributed by atoms with van der Waals surface area (Å²) in [6, 6.07) is -2.31. The number of ketones is 1. The third-order valence-electron chi connectivity index (χ3n) is 2.83. The fraction of sp³-hybridized carbons (Fsp3) is 0.636. The zero-order valence-electron chi connectivity index (χ0n) is 11.4. The van der Waals surface area contributed by atoms with E-state index in [0.29, 0.717) is 0 Å². The van der Waals surface area contributed by atoms with Gasteiger partial charge < -0.3 is 32.7 Å². The lowest BCUT2D eigenvalue weighted by Crippen LogP contribution is -2.46. The first kappa shape index (κ1) is 18.8. The van der Waals surface area contributed by atoms with Crippen LogP contribution in [-0.2, 0) is 14.4 Å². The van der Waals surface area contributed by atoms with Crippen molar-refractivity contribution in [1.29, 1.82) is 5.41 Å². The second kappa shape index (κ2) is 8.87. The molecule has 10 N–H and O–H groups in total. The minimum atomic E-state index is -1.27. The quantitative estimate of drug-likeness (QED) is 0.170. The number of carboxylic acid groups (broad SMARTS) is 2. The van der Waals surface area contributed by atoms with Gasteiger partial charge in [-0.25, -0.2) is 0 Å². The van der Waals surface area contributed by atoms with Crippen molar-refractivity contribution in [2.24, 2.45) is 23.1 Å². The highest BCUT2D eigenvalue weighted by atomic mass is 16.4. The largest absolute Gasteiger partial charge is 0.481 e. The minimum absolute atomic E-state index is 0.0625. The van der Waals surface area contributed by atoms with Crippen LogP contribution in [0.25, 0.3) is 0 Å². The molecule has 0 heterocycles. The van der Waals surface area contributed by atoms with Crippen LogP contribution >= 0.6 is 0 Å². The number of nitrogens with one attached hydrogen (secondary N) is 2. The van der Waals surface area contributed by atoms with Gasteiger partial charge in [-0.1, -0.05) is 0 Å². The van der Waals surface area contributed by atoms with E-state index in [0.717, 1.165) is 0 Å². The van der Waals surface area contributed by atoms with Crippen LogP contribution in [0.5, 0.6) is 0 Å². The van der Waals surface area contributed by atoms with Crippen LogP contribution < -0.4 is 22.5 Å². The average molecular weight is 303 g/mol. The Morgan fingerprint density at radius 3 is 2.14 bits per heavy atom. The minimum Gasteiger partial charge on any atom is -0.481 e. The summed E-state index contributed by atoms with van der Waals surface area (Å²) in [5.74, 6) is -4.12. The van der Waals surface area contributed by atoms with Crippen molar-refractivity contribution in [3.8, 4) is 0 Å². The topological polar surface area (TPSA) is 206 Å². The van der Waals surface area contributed by atoms with Crippen LogP contribution in [0.15, 0.2) is 0 Å². The number of hydrogen-bond acceptors (Lipinski definition) is 6. The lowest BCUT2D eigenvalue weighted by molar-refractivity contribution is -0.139. The van der Waals surface area contributed by atoms with Crippen molar-refractivity contribution in [1.82, 2.24) is 5.32 Å². The lowest BCUT2D eigenvalue weighted by Gasteiger charge is -2.21. The Kier molecular flexibility index (Phi) is 7.94. The molecule has 3 atom stereocenters. The number of carbonyl (C=O) groups is 3. The van der Waals surface area contributed by atoms with Crippen LogP contribution in [0.1, 0.15) is 19.3 Å². The Balaban J connectivity index is 4.74. The van der Waals surface area contributed by atoms with Gasteiger partial charge in [0.1, 0.15) is 6.04 Å². The van der Waals surface area contributed by atoms with E-state index in [4.69, 9.17) is 32.8 Å². The zero-order chi connectivity index (χ0) is 16.6. The van der Waals surface area contributed by atoms with Gasteiger partial charge in [-0.2, -0.15) is 0 Å². The summed E-state index contributed by atoms with van der Waals surface area (Å²) in [5, 5.41) is 26.8. The number of hydrogen-bond donors (Lipinski definition) is 7. The molecule has 0 fully saturated rings. The second-order valence-corrected chi connectivity index (χ2v) is 4.61. The molecule has 0 rings (SSSR count). The van der Waals surface area contributed by atoms with Gasteiger partial charge in [-0.15, -0.1) is 0 Å². The Morgan fingerprint density at radius 2 is 1.71 bits per heavy atom. The van der Waals surface area contributed by atoms with Crippen molar-refractivity contribution in [2.45, 2.75) is 31.3 Å². The molecule has 3 unspecified atom stereocenters. The molecule has 120 valence electrons. The highest BCUT2D eigenvalue weighted by Gasteiger charge is 2.28. The number of nitrogens with two attached hydrogens (primary N) is 3. The molecule has 0 radical (unpaired) electrons. The van der Waals surface area contributed by atoms with E-state index in [1.807, 2.05) is 0 Å². The molecule has 0 aliphatic heterocycles. The van der Waals surface area contributed by atoms with Gasteiger partial charge in [-0.05, 0) is 12.8 Å². The van der Waals surface area contributed by atoms with E-state index in [2.05, 4.69) is 5.32 Å². The predicted octanol–water partition coefficient (Wildman–Crippen LogP) is -2.35. The molecule has 0 aliphatic rings. The van der Waals surface area contributed by atoms with Gasteiger partial charge in [0.05, 0.1) is 6.04 Å². The monoisotopic (exact) mass is 303 g/mol. The van der Waals surface area contributed by atoms with Crippen LogP contribution in [0.4, 0.5) is 0 Å². The SMILES string of the molecule is N=C(N)NCC(CC(N)C(=O)O)C(=O)C(N)CCC(=O)O. The van der Waals surface area contributed by atoms with Gasteiger partial charge in [0.25, 0.3) is 0 Å². The number of rotatable bonds is 10. The molecule has 10 nitrogen and oxygen atoms in total. The van der Waals surface area contributed by atoms with Gasteiger partial charge in [0.15, 0.2) is 11.7 Å². The third-order valence-corrected chi connectivity index (χ3v) is 2.83. The van der Waals surface area contributed by atoms with E-state index in [1.165, 1.54) is 0 Å². The Hall–Kier alpha value is -2.20. The molecule has 0 aromatic heterocycles. The number of Topliss-reactive ketones (excluding diaryl/α,β-unsaturated/α-hetero) is 1. The second-order valence-electron chi connectivity index (χ2n) is 4.61. The third kappa shape index (κ3) is 7.84. The Labute approximate surface area is 121 Å². The smallest absolute Gasteiger partial charge is 0.320 e. The normalized spacial score (nSPS) is 14.8. The summed E-state index contributed by atoms with van der Waals surface area (Å²) in [6.07, 6.45) is -0.521. The summed E-state index contributed by atoms with van der Waals surface area (Å²) in [4.78, 5) is 33.3. The molecule has 0 saturated heterocycles. The van der Waals surface area contributed by atoms with Crippen molar-refractivity contribution in [2.75, 3.05) is 6.54 Å². The molecule has 0 bridgehead atoms. The van der Waals surface area contributed by atoms with Crippen molar-refractivity contribution in [3.63, 3.8) is 0 Å². The lowest BCUT2D eigenvalue weighted by atomic mass is 9.90. The first-order chi connectivity index (χ1) is 9.65. The van der Waals surface area contributed by atoms with Crippen LogP contribution in [-0.4, -0.2) is 52.5 Å². The van der Waals surface area contributed by atoms with Crippen LogP contribution in [0, 0.1) is 11.3 Å². The van der Waals surface area contributed by atoms with Crippen molar-refractivity contribution in [3.05, 3.63) is 0 Å². The highest BCUT2D eigenvalue weighted by Crippen LogP contribution is 2.11. The molecule has 0 saturated carbocycles. The number of carboxylic acids is 2. The van der Waals surface area contributed by atoms with E-state index in [1.54, 1.807) is 0 Å². The first-order valence-corrected chi connectivity index (χ1v) is 6.22. The fourth-order valence-electron chi connectivity index (χ4n) is 1.66. The van der Waals surface area contributed by atoms with E-state index in [-0.39, 0.29) is 31.8 Å². The Bertz CT molecular complexity index is 414. The summed E-state index contributed by atoms with van der Waals surface area (Å²) >= 11 is 0. The first-order valence-electron chi connectivity index (χ1n) is 6.22. The highest BCUT2D eigenvalue weighted by molar-refractivity contribution is 5.88. The number of carbonyl (C=O) groups excluding carboxylic acids is 1. The van der Waals surface area contributed by atoms with Crippen molar-refractivity contribution >= 4 is 23.7 Å². The molecule has 0 aromatic rings. The molecule has 0 aromatic carbocycles. The zero-order valence-corrected chi connectivity index (χ0v) is 11.4. The maximum absolute atomic E-state index is 12.1. The molecule has 0 amide bonds. The molecular weight excluding hydrogens is 282 g/mol. The maximum Gasteiger partial charge on any atom is 0.320 e. The van der Waals surface area contributed by atoms with Crippen LogP contribution in [0.2, 0.25) is 0 Å². The summed E-state index contributed by atoms with van der Waals surface area (Å²) in [6.45, 7) is -0.0874. The van der Waals surface area contributed by atoms with Gasteiger partial charge in [0.2, 0.25) is 0 Å². The average Bonchev–Trinajstić information content (AvgIpc) is 2.39. The molecule has 21 heavy (non-hydrogen) atoms. The molecule has 10 heteroatoms. The standard InChI is InChI=1S/C11H21N5O5/c12-6(1-2-8(17)18)9(19)5(4-16-11(14)15)3-7(13)10(20)21/h5-7H,1-4,12-13H2,(H,17,18)(H,20,21)(H4,14,15,16). The summed E-state index contributed by atoms with van der Waals surface area (Å²) in [5.41, 5.74) is 16.1. The van der Waals surface area contributed by atoms with Gasteiger partial charge >= 0.3 is 11.9 Å². The summed E-state index contributed by atoms with van der Waals surface area (Å²) in [7, 11) is 0. The van der Waals surface area contributed by atoms with E-state index >= 15 is 0 Å².